The van der Waals surface area contributed by atoms with Crippen molar-refractivity contribution >= 4 is 11.7 Å². The van der Waals surface area contributed by atoms with Gasteiger partial charge in [-0.2, -0.15) is 0 Å². The van der Waals surface area contributed by atoms with Gasteiger partial charge in [-0.1, -0.05) is 6.07 Å². The maximum Gasteiger partial charge on any atom is 0.335 e. The first-order valence-corrected chi connectivity index (χ1v) is 6.18. The number of anilines is 1. The molecule has 2 rings (SSSR count). The third-order valence-corrected chi connectivity index (χ3v) is 3.08. The van der Waals surface area contributed by atoms with Crippen LogP contribution >= 0.6 is 0 Å². The highest BCUT2D eigenvalue weighted by Crippen LogP contribution is 2.23. The van der Waals surface area contributed by atoms with Gasteiger partial charge in [-0.05, 0) is 43.2 Å². The van der Waals surface area contributed by atoms with Crippen molar-refractivity contribution in [2.24, 2.45) is 0 Å². The molecule has 5 heteroatoms. The molecular formula is C15H15FN2O2. The van der Waals surface area contributed by atoms with E-state index in [1.54, 1.807) is 24.4 Å². The number of nitrogens with one attached hydrogen (secondary N) is 1. The number of rotatable bonds is 4. The molecule has 20 heavy (non-hydrogen) atoms. The molecule has 1 heterocycles. The number of hydrogen-bond donors (Lipinski definition) is 2. The number of carboxylic acid groups (broad SMARTS) is 1. The van der Waals surface area contributed by atoms with Crippen LogP contribution in [0.3, 0.4) is 0 Å². The lowest BCUT2D eigenvalue weighted by molar-refractivity contribution is 0.0697. The SMILES string of the molecule is Cc1ccc(C(=O)O)cc1NC(C)c1cncc(F)c1. The Morgan fingerprint density at radius 1 is 1.35 bits per heavy atom. The molecule has 0 aliphatic rings. The monoisotopic (exact) mass is 274 g/mol. The predicted octanol–water partition coefficient (Wildman–Crippen LogP) is 3.40. The number of aryl methyl sites for hydroxylation is 1. The Morgan fingerprint density at radius 2 is 2.10 bits per heavy atom. The molecule has 0 amide bonds. The zero-order chi connectivity index (χ0) is 14.7. The van der Waals surface area contributed by atoms with Gasteiger partial charge in [0, 0.05) is 11.9 Å². The fraction of sp³-hybridized carbons (Fsp3) is 0.200. The molecule has 0 fully saturated rings. The van der Waals surface area contributed by atoms with Gasteiger partial charge in [0.25, 0.3) is 0 Å². The van der Waals surface area contributed by atoms with E-state index in [9.17, 15) is 9.18 Å². The Labute approximate surface area is 116 Å². The van der Waals surface area contributed by atoms with Gasteiger partial charge in [0.1, 0.15) is 5.82 Å². The molecule has 1 unspecified atom stereocenters. The first kappa shape index (κ1) is 14.0. The third kappa shape index (κ3) is 3.12. The summed E-state index contributed by atoms with van der Waals surface area (Å²) in [5.41, 5.74) is 2.54. The Balaban J connectivity index is 2.25. The molecule has 1 aromatic heterocycles. The van der Waals surface area contributed by atoms with Crippen molar-refractivity contribution in [3.8, 4) is 0 Å². The lowest BCUT2D eigenvalue weighted by Crippen LogP contribution is -2.09. The number of benzene rings is 1. The fourth-order valence-electron chi connectivity index (χ4n) is 1.89. The van der Waals surface area contributed by atoms with E-state index >= 15 is 0 Å². The minimum absolute atomic E-state index is 0.180. The van der Waals surface area contributed by atoms with Crippen LogP contribution in [0.25, 0.3) is 0 Å². The van der Waals surface area contributed by atoms with Crippen molar-refractivity contribution in [1.29, 1.82) is 0 Å². The molecule has 0 aliphatic heterocycles. The maximum absolute atomic E-state index is 13.1. The molecule has 1 atom stereocenters. The second-order valence-corrected chi connectivity index (χ2v) is 4.64. The number of hydrogen-bond acceptors (Lipinski definition) is 3. The molecular weight excluding hydrogens is 259 g/mol. The number of aromatic carboxylic acids is 1. The number of carbonyl (C=O) groups is 1. The van der Waals surface area contributed by atoms with Crippen LogP contribution in [-0.4, -0.2) is 16.1 Å². The van der Waals surface area contributed by atoms with Crippen LogP contribution < -0.4 is 5.32 Å². The van der Waals surface area contributed by atoms with Gasteiger partial charge < -0.3 is 10.4 Å². The van der Waals surface area contributed by atoms with Gasteiger partial charge in [-0.25, -0.2) is 9.18 Å². The summed E-state index contributed by atoms with van der Waals surface area (Å²) in [6.45, 7) is 3.74. The average Bonchev–Trinajstić information content (AvgIpc) is 2.41. The van der Waals surface area contributed by atoms with Crippen LogP contribution in [0.4, 0.5) is 10.1 Å². The topological polar surface area (TPSA) is 62.2 Å². The van der Waals surface area contributed by atoms with E-state index in [0.29, 0.717) is 11.3 Å². The summed E-state index contributed by atoms with van der Waals surface area (Å²) in [6, 6.07) is 6.09. The molecule has 0 saturated carbocycles. The minimum atomic E-state index is -0.979. The standard InChI is InChI=1S/C15H15FN2O2/c1-9-3-4-11(15(19)20)6-14(9)18-10(2)12-5-13(16)8-17-7-12/h3-8,10,18H,1-2H3,(H,19,20). The third-order valence-electron chi connectivity index (χ3n) is 3.08. The average molecular weight is 274 g/mol. The minimum Gasteiger partial charge on any atom is -0.478 e. The molecule has 2 aromatic rings. The molecule has 0 bridgehead atoms. The summed E-state index contributed by atoms with van der Waals surface area (Å²) < 4.78 is 13.1. The van der Waals surface area contributed by atoms with Crippen LogP contribution in [0.1, 0.15) is 34.5 Å². The predicted molar refractivity (Wildman–Crippen MR) is 74.4 cm³/mol. The van der Waals surface area contributed by atoms with Crippen LogP contribution in [-0.2, 0) is 0 Å². The summed E-state index contributed by atoms with van der Waals surface area (Å²) in [5.74, 6) is -1.37. The van der Waals surface area contributed by atoms with Gasteiger partial charge in [-0.15, -0.1) is 0 Å². The lowest BCUT2D eigenvalue weighted by Gasteiger charge is -2.17. The van der Waals surface area contributed by atoms with Crippen molar-refractivity contribution in [2.45, 2.75) is 19.9 Å². The quantitative estimate of drug-likeness (QED) is 0.897. The van der Waals surface area contributed by atoms with Crippen LogP contribution in [0.2, 0.25) is 0 Å². The summed E-state index contributed by atoms with van der Waals surface area (Å²) in [7, 11) is 0. The molecule has 0 radical (unpaired) electrons. The number of nitrogens with zero attached hydrogens (tertiary/aromatic N) is 1. The second kappa shape index (κ2) is 5.69. The van der Waals surface area contributed by atoms with E-state index in [1.807, 2.05) is 13.8 Å². The summed E-state index contributed by atoms with van der Waals surface area (Å²) >= 11 is 0. The first-order valence-electron chi connectivity index (χ1n) is 6.18. The smallest absolute Gasteiger partial charge is 0.335 e. The van der Waals surface area contributed by atoms with Gasteiger partial charge in [0.2, 0.25) is 0 Å². The zero-order valence-corrected chi connectivity index (χ0v) is 11.2. The highest BCUT2D eigenvalue weighted by atomic mass is 19.1. The number of carboxylic acids is 1. The maximum atomic E-state index is 13.1. The lowest BCUT2D eigenvalue weighted by atomic mass is 10.1. The molecule has 2 N–H and O–H groups in total. The van der Waals surface area contributed by atoms with Crippen LogP contribution in [0, 0.1) is 12.7 Å². The Hall–Kier alpha value is -2.43. The van der Waals surface area contributed by atoms with Gasteiger partial charge in [0.15, 0.2) is 0 Å². The fourth-order valence-corrected chi connectivity index (χ4v) is 1.89. The first-order chi connectivity index (χ1) is 9.47. The normalized spacial score (nSPS) is 11.9. The molecule has 1 aromatic carbocycles. The number of halogens is 1. The Bertz CT molecular complexity index is 644. The largest absolute Gasteiger partial charge is 0.478 e. The highest BCUT2D eigenvalue weighted by Gasteiger charge is 2.11. The van der Waals surface area contributed by atoms with Crippen molar-refractivity contribution in [3.63, 3.8) is 0 Å². The highest BCUT2D eigenvalue weighted by molar-refractivity contribution is 5.89. The van der Waals surface area contributed by atoms with Crippen molar-refractivity contribution < 1.29 is 14.3 Å². The van der Waals surface area contributed by atoms with E-state index < -0.39 is 11.8 Å². The van der Waals surface area contributed by atoms with Crippen molar-refractivity contribution in [1.82, 2.24) is 4.98 Å². The Kier molecular flexibility index (Phi) is 3.98. The molecule has 0 spiro atoms. The number of pyridine rings is 1. The Morgan fingerprint density at radius 3 is 2.75 bits per heavy atom. The van der Waals surface area contributed by atoms with E-state index in [1.165, 1.54) is 6.07 Å². The number of aromatic nitrogens is 1. The van der Waals surface area contributed by atoms with E-state index in [0.717, 1.165) is 11.8 Å². The van der Waals surface area contributed by atoms with Crippen LogP contribution in [0.15, 0.2) is 36.7 Å². The van der Waals surface area contributed by atoms with Gasteiger partial charge >= 0.3 is 5.97 Å². The molecule has 4 nitrogen and oxygen atoms in total. The summed E-state index contributed by atoms with van der Waals surface area (Å²) in [6.07, 6.45) is 2.73. The van der Waals surface area contributed by atoms with Crippen molar-refractivity contribution in [3.05, 3.63) is 59.2 Å². The zero-order valence-electron chi connectivity index (χ0n) is 11.2. The van der Waals surface area contributed by atoms with Crippen LogP contribution in [0.5, 0.6) is 0 Å². The summed E-state index contributed by atoms with van der Waals surface area (Å²) in [4.78, 5) is 14.8. The van der Waals surface area contributed by atoms with E-state index in [4.69, 9.17) is 5.11 Å². The van der Waals surface area contributed by atoms with Gasteiger partial charge in [0.05, 0.1) is 17.8 Å². The molecule has 0 aliphatic carbocycles. The summed E-state index contributed by atoms with van der Waals surface area (Å²) in [5, 5.41) is 12.2. The molecule has 104 valence electrons. The van der Waals surface area contributed by atoms with E-state index in [2.05, 4.69) is 10.3 Å². The van der Waals surface area contributed by atoms with Crippen molar-refractivity contribution in [2.75, 3.05) is 5.32 Å². The van der Waals surface area contributed by atoms with Gasteiger partial charge in [-0.3, -0.25) is 4.98 Å². The molecule has 0 saturated heterocycles. The van der Waals surface area contributed by atoms with E-state index in [-0.39, 0.29) is 11.6 Å². The second-order valence-electron chi connectivity index (χ2n) is 4.64.